The van der Waals surface area contributed by atoms with Crippen LogP contribution >= 0.6 is 0 Å². The number of aliphatic carboxylic acids is 1. The molecule has 3 N–H and O–H groups in total. The quantitative estimate of drug-likeness (QED) is 0.192. The number of carboxylic acid groups (broad SMARTS) is 1. The molecule has 10 heteroatoms. The fourth-order valence-corrected chi connectivity index (χ4v) is 2.19. The Hall–Kier alpha value is -2.48. The monoisotopic (exact) mass is 385 g/mol. The Kier molecular flexibility index (Phi) is 12.4. The highest BCUT2D eigenvalue weighted by molar-refractivity contribution is 5.80. The van der Waals surface area contributed by atoms with Crippen molar-refractivity contribution < 1.29 is 24.2 Å². The summed E-state index contributed by atoms with van der Waals surface area (Å²) in [5, 5.41) is 17.7. The van der Waals surface area contributed by atoms with E-state index in [1.54, 1.807) is 20.8 Å². The van der Waals surface area contributed by atoms with Crippen molar-refractivity contribution in [3.8, 4) is 0 Å². The van der Waals surface area contributed by atoms with Crippen LogP contribution < -0.4 is 10.6 Å². The van der Waals surface area contributed by atoms with Crippen molar-refractivity contribution in [3.05, 3.63) is 10.4 Å². The Labute approximate surface area is 159 Å². The first-order valence-corrected chi connectivity index (χ1v) is 9.15. The average Bonchev–Trinajstić information content (AvgIpc) is 2.54. The molecule has 0 saturated heterocycles. The van der Waals surface area contributed by atoms with Gasteiger partial charge in [-0.05, 0) is 58.4 Å². The molecule has 154 valence electrons. The van der Waals surface area contributed by atoms with Crippen LogP contribution in [0.5, 0.6) is 0 Å². The maximum Gasteiger partial charge on any atom is 0.408 e. The Balaban J connectivity index is 3.88. The summed E-state index contributed by atoms with van der Waals surface area (Å²) < 4.78 is 5.05. The topological polar surface area (TPSA) is 153 Å². The number of hydrogen-bond acceptors (Lipinski definition) is 5. The zero-order valence-corrected chi connectivity index (χ0v) is 16.4. The van der Waals surface area contributed by atoms with Crippen molar-refractivity contribution in [1.29, 1.82) is 0 Å². The maximum atomic E-state index is 11.7. The minimum atomic E-state index is -1.12. The lowest BCUT2D eigenvalue weighted by Crippen LogP contribution is -2.43. The van der Waals surface area contributed by atoms with Crippen molar-refractivity contribution in [1.82, 2.24) is 10.6 Å². The van der Waals surface area contributed by atoms with E-state index in [9.17, 15) is 19.5 Å². The first-order chi connectivity index (χ1) is 12.7. The van der Waals surface area contributed by atoms with Crippen LogP contribution in [0, 0.1) is 0 Å². The van der Waals surface area contributed by atoms with Gasteiger partial charge >= 0.3 is 12.1 Å². The zero-order chi connectivity index (χ0) is 20.7. The van der Waals surface area contributed by atoms with E-state index < -0.39 is 23.7 Å². The SMILES string of the molecule is CC(C)(C)OC(=O)N[C@@H](CCCCNC(=O)CCCCCN=[N+]=[N-])C(=O)O. The molecule has 27 heavy (non-hydrogen) atoms. The van der Waals surface area contributed by atoms with Gasteiger partial charge in [0.05, 0.1) is 0 Å². The summed E-state index contributed by atoms with van der Waals surface area (Å²) in [6, 6.07) is -1.02. The Bertz CT molecular complexity index is 526. The van der Waals surface area contributed by atoms with Gasteiger partial charge in [0.15, 0.2) is 0 Å². The van der Waals surface area contributed by atoms with Crippen molar-refractivity contribution in [3.63, 3.8) is 0 Å². The average molecular weight is 385 g/mol. The summed E-state index contributed by atoms with van der Waals surface area (Å²) in [5.74, 6) is -1.17. The molecule has 0 aliphatic carbocycles. The number of azide groups is 1. The molecule has 0 aliphatic rings. The molecule has 0 bridgehead atoms. The molecule has 0 heterocycles. The molecule has 10 nitrogen and oxygen atoms in total. The van der Waals surface area contributed by atoms with Gasteiger partial charge in [-0.3, -0.25) is 4.79 Å². The van der Waals surface area contributed by atoms with Gasteiger partial charge in [-0.2, -0.15) is 0 Å². The van der Waals surface area contributed by atoms with E-state index in [0.29, 0.717) is 32.4 Å². The highest BCUT2D eigenvalue weighted by atomic mass is 16.6. The van der Waals surface area contributed by atoms with E-state index in [4.69, 9.17) is 10.3 Å². The fourth-order valence-electron chi connectivity index (χ4n) is 2.19. The molecule has 0 aromatic heterocycles. The summed E-state index contributed by atoms with van der Waals surface area (Å²) in [5.41, 5.74) is 7.44. The maximum absolute atomic E-state index is 11.7. The van der Waals surface area contributed by atoms with E-state index in [2.05, 4.69) is 20.7 Å². The van der Waals surface area contributed by atoms with Crippen LogP contribution in [0.4, 0.5) is 4.79 Å². The van der Waals surface area contributed by atoms with Gasteiger partial charge in [0.25, 0.3) is 0 Å². The molecule has 0 saturated carbocycles. The minimum absolute atomic E-state index is 0.0551. The predicted molar refractivity (Wildman–Crippen MR) is 100 cm³/mol. The number of alkyl carbamates (subject to hydrolysis) is 1. The summed E-state index contributed by atoms with van der Waals surface area (Å²) >= 11 is 0. The largest absolute Gasteiger partial charge is 0.480 e. The summed E-state index contributed by atoms with van der Waals surface area (Å²) in [6.45, 7) is 6.00. The number of nitrogens with zero attached hydrogens (tertiary/aromatic N) is 3. The third kappa shape index (κ3) is 15.5. The smallest absolute Gasteiger partial charge is 0.408 e. The molecule has 0 rings (SSSR count). The molecule has 0 unspecified atom stereocenters. The van der Waals surface area contributed by atoms with E-state index in [1.165, 1.54) is 0 Å². The Morgan fingerprint density at radius 3 is 2.44 bits per heavy atom. The second kappa shape index (κ2) is 13.7. The van der Waals surface area contributed by atoms with Crippen LogP contribution in [0.25, 0.3) is 10.4 Å². The van der Waals surface area contributed by atoms with Crippen LogP contribution in [0.3, 0.4) is 0 Å². The summed E-state index contributed by atoms with van der Waals surface area (Å²) in [7, 11) is 0. The third-order valence-electron chi connectivity index (χ3n) is 3.46. The molecule has 1 atom stereocenters. The summed E-state index contributed by atoms with van der Waals surface area (Å²) in [6.07, 6.45) is 3.37. The van der Waals surface area contributed by atoms with Crippen LogP contribution in [-0.2, 0) is 14.3 Å². The van der Waals surface area contributed by atoms with Crippen LogP contribution in [0.1, 0.15) is 65.7 Å². The molecule has 0 fully saturated rings. The number of amides is 2. The van der Waals surface area contributed by atoms with Gasteiger partial charge in [0, 0.05) is 24.4 Å². The van der Waals surface area contributed by atoms with Gasteiger partial charge in [0.2, 0.25) is 5.91 Å². The van der Waals surface area contributed by atoms with Crippen molar-refractivity contribution in [2.45, 2.75) is 77.4 Å². The third-order valence-corrected chi connectivity index (χ3v) is 3.46. The molecule has 0 aliphatic heterocycles. The van der Waals surface area contributed by atoms with Gasteiger partial charge in [-0.25, -0.2) is 9.59 Å². The fraction of sp³-hybridized carbons (Fsp3) is 0.824. The highest BCUT2D eigenvalue weighted by Crippen LogP contribution is 2.08. The highest BCUT2D eigenvalue weighted by Gasteiger charge is 2.23. The molecule has 0 radical (unpaired) electrons. The van der Waals surface area contributed by atoms with E-state index in [1.807, 2.05) is 0 Å². The number of carboxylic acids is 1. The molecule has 0 aromatic carbocycles. The van der Waals surface area contributed by atoms with Gasteiger partial charge < -0.3 is 20.5 Å². The van der Waals surface area contributed by atoms with Crippen LogP contribution in [0.15, 0.2) is 5.11 Å². The molecular weight excluding hydrogens is 354 g/mol. The molecule has 2 amide bonds. The van der Waals surface area contributed by atoms with E-state index in [0.717, 1.165) is 19.3 Å². The molecular formula is C17H31N5O5. The lowest BCUT2D eigenvalue weighted by Gasteiger charge is -2.22. The van der Waals surface area contributed by atoms with E-state index >= 15 is 0 Å². The number of carbonyl (C=O) groups excluding carboxylic acids is 2. The number of unbranched alkanes of at least 4 members (excludes halogenated alkanes) is 3. The number of rotatable bonds is 13. The normalized spacial score (nSPS) is 11.8. The first kappa shape index (κ1) is 24.5. The standard InChI is InChI=1S/C17H31N5O5/c1-17(2,3)27-16(26)21-13(15(24)25)9-6-8-11-19-14(23)10-5-4-7-12-20-22-18/h13H,4-12H2,1-3H3,(H,19,23)(H,21,26)(H,24,25)/t13-/m0/s1. The lowest BCUT2D eigenvalue weighted by atomic mass is 10.1. The van der Waals surface area contributed by atoms with Gasteiger partial charge in [-0.15, -0.1) is 0 Å². The van der Waals surface area contributed by atoms with Gasteiger partial charge in [0.1, 0.15) is 11.6 Å². The van der Waals surface area contributed by atoms with Gasteiger partial charge in [-0.1, -0.05) is 11.5 Å². The summed E-state index contributed by atoms with van der Waals surface area (Å²) in [4.78, 5) is 37.2. The Morgan fingerprint density at radius 1 is 1.15 bits per heavy atom. The second-order valence-corrected chi connectivity index (χ2v) is 7.15. The zero-order valence-electron chi connectivity index (χ0n) is 16.4. The number of hydrogen-bond donors (Lipinski definition) is 3. The van der Waals surface area contributed by atoms with Crippen molar-refractivity contribution >= 4 is 18.0 Å². The van der Waals surface area contributed by atoms with Crippen molar-refractivity contribution in [2.24, 2.45) is 5.11 Å². The number of carbonyl (C=O) groups is 3. The Morgan fingerprint density at radius 2 is 1.85 bits per heavy atom. The lowest BCUT2D eigenvalue weighted by molar-refractivity contribution is -0.139. The first-order valence-electron chi connectivity index (χ1n) is 9.15. The molecule has 0 aromatic rings. The van der Waals surface area contributed by atoms with Crippen molar-refractivity contribution in [2.75, 3.05) is 13.1 Å². The van der Waals surface area contributed by atoms with Crippen LogP contribution in [0.2, 0.25) is 0 Å². The van der Waals surface area contributed by atoms with Crippen LogP contribution in [-0.4, -0.2) is 47.8 Å². The second-order valence-electron chi connectivity index (χ2n) is 7.15. The minimum Gasteiger partial charge on any atom is -0.480 e. The predicted octanol–water partition coefficient (Wildman–Crippen LogP) is 3.12. The number of nitrogens with one attached hydrogen (secondary N) is 2. The number of ether oxygens (including phenoxy) is 1. The van der Waals surface area contributed by atoms with E-state index in [-0.39, 0.29) is 12.3 Å². The molecule has 0 spiro atoms.